The molecule has 0 fully saturated rings. The number of nitro benzene ring substituents is 1. The topological polar surface area (TPSA) is 55.2 Å². The van der Waals surface area contributed by atoms with Crippen molar-refractivity contribution in [2.24, 2.45) is 0 Å². The molecule has 0 aliphatic carbocycles. The first-order chi connectivity index (χ1) is 8.98. The number of anilines is 1. The van der Waals surface area contributed by atoms with Crippen LogP contribution in [0.5, 0.6) is 0 Å². The van der Waals surface area contributed by atoms with Crippen molar-refractivity contribution < 1.29 is 4.92 Å². The highest BCUT2D eigenvalue weighted by Crippen LogP contribution is 2.32. The molecule has 0 radical (unpaired) electrons. The minimum absolute atomic E-state index is 0.0117. The molecule has 1 rings (SSSR count). The Morgan fingerprint density at radius 1 is 1.42 bits per heavy atom. The van der Waals surface area contributed by atoms with E-state index in [0.29, 0.717) is 5.02 Å². The van der Waals surface area contributed by atoms with Gasteiger partial charge in [0, 0.05) is 23.4 Å². The Morgan fingerprint density at radius 3 is 2.47 bits per heavy atom. The maximum atomic E-state index is 10.6. The zero-order valence-electron chi connectivity index (χ0n) is 11.4. The van der Waals surface area contributed by atoms with E-state index in [1.807, 2.05) is 11.8 Å². The smallest absolute Gasteiger partial charge is 0.271 e. The quantitative estimate of drug-likeness (QED) is 0.591. The summed E-state index contributed by atoms with van der Waals surface area (Å²) in [5, 5.41) is 14.3. The maximum Gasteiger partial charge on any atom is 0.271 e. The molecule has 0 amide bonds. The second-order valence-electron chi connectivity index (χ2n) is 4.37. The Kier molecular flexibility index (Phi) is 5.94. The molecule has 1 aromatic rings. The van der Waals surface area contributed by atoms with E-state index in [1.54, 1.807) is 6.07 Å². The van der Waals surface area contributed by atoms with Gasteiger partial charge in [0.1, 0.15) is 0 Å². The molecule has 4 nitrogen and oxygen atoms in total. The third-order valence-corrected chi connectivity index (χ3v) is 5.39. The molecule has 0 saturated carbocycles. The van der Waals surface area contributed by atoms with Gasteiger partial charge in [0.25, 0.3) is 5.69 Å². The lowest BCUT2D eigenvalue weighted by molar-refractivity contribution is -0.384. The lowest BCUT2D eigenvalue weighted by atomic mass is 10.0. The van der Waals surface area contributed by atoms with Crippen molar-refractivity contribution in [3.05, 3.63) is 33.3 Å². The number of non-ortho nitro benzene ring substituents is 1. The number of nitrogens with one attached hydrogen (secondary N) is 1. The first-order valence-electron chi connectivity index (χ1n) is 6.21. The average Bonchev–Trinajstić information content (AvgIpc) is 2.42. The normalized spacial score (nSPS) is 11.4. The van der Waals surface area contributed by atoms with E-state index < -0.39 is 4.92 Å². The molecule has 0 aliphatic rings. The molecule has 0 aromatic heterocycles. The van der Waals surface area contributed by atoms with Gasteiger partial charge in [-0.1, -0.05) is 25.4 Å². The molecular weight excluding hydrogens is 284 g/mol. The molecule has 1 aromatic carbocycles. The van der Waals surface area contributed by atoms with E-state index in [2.05, 4.69) is 25.4 Å². The molecule has 0 saturated heterocycles. The highest BCUT2D eigenvalue weighted by Gasteiger charge is 2.24. The standard InChI is InChI=1S/C13H19ClN2O2S/c1-4-13(5-2,19-3)9-15-12-7-6-10(16(17)18)8-11(12)14/h6-8,15H,4-5,9H2,1-3H3. The van der Waals surface area contributed by atoms with Crippen LogP contribution in [0.15, 0.2) is 18.2 Å². The summed E-state index contributed by atoms with van der Waals surface area (Å²) in [7, 11) is 0. The van der Waals surface area contributed by atoms with Gasteiger partial charge < -0.3 is 5.32 Å². The third-order valence-electron chi connectivity index (χ3n) is 3.49. The molecule has 0 spiro atoms. The van der Waals surface area contributed by atoms with Crippen LogP contribution >= 0.6 is 23.4 Å². The van der Waals surface area contributed by atoms with Crippen molar-refractivity contribution in [1.82, 2.24) is 0 Å². The van der Waals surface area contributed by atoms with Crippen LogP contribution in [-0.4, -0.2) is 22.5 Å². The number of nitro groups is 1. The van der Waals surface area contributed by atoms with E-state index in [4.69, 9.17) is 11.6 Å². The summed E-state index contributed by atoms with van der Waals surface area (Å²) in [5.74, 6) is 0. The Morgan fingerprint density at radius 2 is 2.05 bits per heavy atom. The Labute approximate surface area is 123 Å². The average molecular weight is 303 g/mol. The predicted octanol–water partition coefficient (Wildman–Crippen LogP) is 4.58. The summed E-state index contributed by atoms with van der Waals surface area (Å²) in [6.45, 7) is 5.12. The second kappa shape index (κ2) is 7.01. The van der Waals surface area contributed by atoms with Crippen LogP contribution in [-0.2, 0) is 0 Å². The van der Waals surface area contributed by atoms with Gasteiger partial charge in [0.2, 0.25) is 0 Å². The van der Waals surface area contributed by atoms with E-state index in [-0.39, 0.29) is 10.4 Å². The second-order valence-corrected chi connectivity index (χ2v) is 6.05. The van der Waals surface area contributed by atoms with Crippen LogP contribution in [0.2, 0.25) is 5.02 Å². The van der Waals surface area contributed by atoms with Gasteiger partial charge in [-0.15, -0.1) is 0 Å². The van der Waals surface area contributed by atoms with E-state index in [0.717, 1.165) is 25.1 Å². The van der Waals surface area contributed by atoms with Crippen LogP contribution in [0.4, 0.5) is 11.4 Å². The number of halogens is 1. The summed E-state index contributed by atoms with van der Waals surface area (Å²) < 4.78 is 0.172. The minimum atomic E-state index is -0.445. The van der Waals surface area contributed by atoms with Gasteiger partial charge >= 0.3 is 0 Å². The van der Waals surface area contributed by atoms with Crippen LogP contribution in [0.1, 0.15) is 26.7 Å². The van der Waals surface area contributed by atoms with Crippen molar-refractivity contribution in [3.63, 3.8) is 0 Å². The van der Waals surface area contributed by atoms with Crippen LogP contribution in [0.25, 0.3) is 0 Å². The summed E-state index contributed by atoms with van der Waals surface area (Å²) in [4.78, 5) is 10.2. The Bertz CT molecular complexity index is 442. The summed E-state index contributed by atoms with van der Waals surface area (Å²) in [5.41, 5.74) is 0.755. The molecule has 6 heteroatoms. The van der Waals surface area contributed by atoms with Gasteiger partial charge in [-0.25, -0.2) is 0 Å². The van der Waals surface area contributed by atoms with Gasteiger partial charge in [-0.3, -0.25) is 10.1 Å². The first kappa shape index (κ1) is 16.1. The molecule has 19 heavy (non-hydrogen) atoms. The van der Waals surface area contributed by atoms with Gasteiger partial charge in [-0.2, -0.15) is 11.8 Å². The minimum Gasteiger partial charge on any atom is -0.382 e. The summed E-state index contributed by atoms with van der Waals surface area (Å²) in [6, 6.07) is 4.51. The first-order valence-corrected chi connectivity index (χ1v) is 7.81. The number of hydrogen-bond acceptors (Lipinski definition) is 4. The zero-order chi connectivity index (χ0) is 14.5. The predicted molar refractivity (Wildman–Crippen MR) is 83.4 cm³/mol. The fourth-order valence-electron chi connectivity index (χ4n) is 1.88. The van der Waals surface area contributed by atoms with Crippen molar-refractivity contribution >= 4 is 34.7 Å². The van der Waals surface area contributed by atoms with Gasteiger partial charge in [0.05, 0.1) is 15.6 Å². The molecule has 0 heterocycles. The molecule has 106 valence electrons. The van der Waals surface area contributed by atoms with Crippen LogP contribution in [0.3, 0.4) is 0 Å². The maximum absolute atomic E-state index is 10.6. The SMILES string of the molecule is CCC(CC)(CNc1ccc([N+](=O)[O-])cc1Cl)SC. The lowest BCUT2D eigenvalue weighted by Gasteiger charge is -2.30. The monoisotopic (exact) mass is 302 g/mol. The number of benzene rings is 1. The number of thioether (sulfide) groups is 1. The van der Waals surface area contributed by atoms with Gasteiger partial charge in [0.15, 0.2) is 0 Å². The highest BCUT2D eigenvalue weighted by atomic mass is 35.5. The molecule has 0 bridgehead atoms. The molecule has 0 atom stereocenters. The van der Waals surface area contributed by atoms with Crippen LogP contribution < -0.4 is 5.32 Å². The molecule has 1 N–H and O–H groups in total. The Hall–Kier alpha value is -0.940. The van der Waals surface area contributed by atoms with Crippen molar-refractivity contribution in [3.8, 4) is 0 Å². The molecule has 0 unspecified atom stereocenters. The molecular formula is C13H19ClN2O2S. The van der Waals surface area contributed by atoms with Crippen molar-refractivity contribution in [2.75, 3.05) is 18.1 Å². The van der Waals surface area contributed by atoms with Gasteiger partial charge in [-0.05, 0) is 25.2 Å². The number of rotatable bonds is 7. The lowest BCUT2D eigenvalue weighted by Crippen LogP contribution is -2.32. The number of nitrogens with zero attached hydrogens (tertiary/aromatic N) is 1. The van der Waals surface area contributed by atoms with E-state index in [1.165, 1.54) is 12.1 Å². The third kappa shape index (κ3) is 4.01. The van der Waals surface area contributed by atoms with Crippen molar-refractivity contribution in [2.45, 2.75) is 31.4 Å². The fraction of sp³-hybridized carbons (Fsp3) is 0.538. The number of hydrogen-bond donors (Lipinski definition) is 1. The fourth-order valence-corrected chi connectivity index (χ4v) is 2.91. The molecule has 0 aliphatic heterocycles. The van der Waals surface area contributed by atoms with Crippen LogP contribution in [0, 0.1) is 10.1 Å². The van der Waals surface area contributed by atoms with E-state index >= 15 is 0 Å². The Balaban J connectivity index is 2.80. The van der Waals surface area contributed by atoms with E-state index in [9.17, 15) is 10.1 Å². The van der Waals surface area contributed by atoms with Crippen molar-refractivity contribution in [1.29, 1.82) is 0 Å². The highest BCUT2D eigenvalue weighted by molar-refractivity contribution is 8.00. The zero-order valence-corrected chi connectivity index (χ0v) is 13.0. The summed E-state index contributed by atoms with van der Waals surface area (Å²) >= 11 is 7.89. The summed E-state index contributed by atoms with van der Waals surface area (Å²) in [6.07, 6.45) is 4.22. The largest absolute Gasteiger partial charge is 0.382 e.